The molecule has 0 saturated carbocycles. The maximum absolute atomic E-state index is 12.8. The summed E-state index contributed by atoms with van der Waals surface area (Å²) in [6.07, 6.45) is 0. The molecule has 0 saturated heterocycles. The van der Waals surface area contributed by atoms with Crippen molar-refractivity contribution < 1.29 is 9.47 Å². The largest absolute Gasteiger partial charge is 0.492 e. The molecule has 3 N–H and O–H groups in total. The van der Waals surface area contributed by atoms with E-state index in [4.69, 9.17) is 9.47 Å². The first-order valence-electron chi connectivity index (χ1n) is 9.65. The predicted octanol–water partition coefficient (Wildman–Crippen LogP) is 3.01. The second-order valence-electron chi connectivity index (χ2n) is 8.33. The van der Waals surface area contributed by atoms with Crippen molar-refractivity contribution in [2.75, 3.05) is 6.61 Å². The molecule has 0 amide bonds. The highest BCUT2D eigenvalue weighted by molar-refractivity contribution is 6.11. The van der Waals surface area contributed by atoms with E-state index >= 15 is 0 Å². The molecular weight excluding hydrogens is 370 g/mol. The maximum atomic E-state index is 12.8. The lowest BCUT2D eigenvalue weighted by Gasteiger charge is -2.46. The number of hydrogen-bond donors (Lipinski definition) is 3. The fourth-order valence-electron chi connectivity index (χ4n) is 4.95. The van der Waals surface area contributed by atoms with Gasteiger partial charge in [0.05, 0.1) is 17.7 Å². The molecule has 0 fully saturated rings. The van der Waals surface area contributed by atoms with E-state index in [1.54, 1.807) is 0 Å². The van der Waals surface area contributed by atoms with Crippen LogP contribution in [0, 0.1) is 5.92 Å². The molecule has 2 aliphatic heterocycles. The third-order valence-corrected chi connectivity index (χ3v) is 6.31. The first-order chi connectivity index (χ1) is 13.9. The van der Waals surface area contributed by atoms with Crippen LogP contribution in [0.25, 0.3) is 21.8 Å². The molecule has 0 bridgehead atoms. The van der Waals surface area contributed by atoms with Crippen LogP contribution < -0.4 is 20.7 Å². The van der Waals surface area contributed by atoms with E-state index in [9.17, 15) is 9.59 Å². The molecule has 7 heteroatoms. The van der Waals surface area contributed by atoms with Gasteiger partial charge in [0.15, 0.2) is 0 Å². The molecule has 0 aliphatic carbocycles. The van der Waals surface area contributed by atoms with Gasteiger partial charge in [-0.05, 0) is 26.0 Å². The number of ether oxygens (including phenoxy) is 2. The highest BCUT2D eigenvalue weighted by Crippen LogP contribution is 2.52. The molecule has 6 rings (SSSR count). The number of H-pyrrole nitrogens is 3. The van der Waals surface area contributed by atoms with Gasteiger partial charge < -0.3 is 14.5 Å². The van der Waals surface area contributed by atoms with Crippen LogP contribution in [0.4, 0.5) is 0 Å². The zero-order valence-electron chi connectivity index (χ0n) is 16.0. The van der Waals surface area contributed by atoms with Crippen molar-refractivity contribution in [3.8, 4) is 11.6 Å². The second kappa shape index (κ2) is 5.31. The molecule has 4 heterocycles. The monoisotopic (exact) mass is 389 g/mol. The van der Waals surface area contributed by atoms with Crippen LogP contribution in [-0.2, 0) is 0 Å². The summed E-state index contributed by atoms with van der Waals surface area (Å²) in [5.74, 6) is 0.723. The van der Waals surface area contributed by atoms with Gasteiger partial charge >= 0.3 is 5.69 Å². The average molecular weight is 389 g/mol. The minimum Gasteiger partial charge on any atom is -0.492 e. The van der Waals surface area contributed by atoms with Gasteiger partial charge in [-0.2, -0.15) is 0 Å². The smallest absolute Gasteiger partial charge is 0.328 e. The van der Waals surface area contributed by atoms with Crippen LogP contribution in [-0.4, -0.2) is 27.2 Å². The van der Waals surface area contributed by atoms with Crippen LogP contribution in [0.2, 0.25) is 0 Å². The first-order valence-corrected chi connectivity index (χ1v) is 9.65. The SMILES string of the molecule is CC1(C)Oc2[nH]c(=O)[nH]c(=O)c2C2c3ccc4[nH]c5ccccc5c4c3OCC21. The summed E-state index contributed by atoms with van der Waals surface area (Å²) in [4.78, 5) is 33.1. The summed E-state index contributed by atoms with van der Waals surface area (Å²) in [6.45, 7) is 4.35. The summed E-state index contributed by atoms with van der Waals surface area (Å²) < 4.78 is 12.3. The molecule has 0 spiro atoms. The Labute approximate surface area is 164 Å². The number of benzene rings is 2. The average Bonchev–Trinajstić information content (AvgIpc) is 3.05. The lowest BCUT2D eigenvalue weighted by atomic mass is 9.70. The predicted molar refractivity (Wildman–Crippen MR) is 109 cm³/mol. The zero-order valence-corrected chi connectivity index (χ0v) is 16.0. The number of hydrogen-bond acceptors (Lipinski definition) is 4. The van der Waals surface area contributed by atoms with Gasteiger partial charge in [-0.3, -0.25) is 14.8 Å². The van der Waals surface area contributed by atoms with Crippen LogP contribution >= 0.6 is 0 Å². The minimum absolute atomic E-state index is 0.0721. The summed E-state index contributed by atoms with van der Waals surface area (Å²) >= 11 is 0. The van der Waals surface area contributed by atoms with E-state index in [-0.39, 0.29) is 17.7 Å². The fourth-order valence-corrected chi connectivity index (χ4v) is 4.95. The van der Waals surface area contributed by atoms with E-state index in [1.807, 2.05) is 44.2 Å². The van der Waals surface area contributed by atoms with Crippen molar-refractivity contribution in [2.24, 2.45) is 5.92 Å². The fraction of sp³-hybridized carbons (Fsp3) is 0.273. The van der Waals surface area contributed by atoms with Gasteiger partial charge in [0.2, 0.25) is 5.88 Å². The van der Waals surface area contributed by atoms with E-state index in [1.165, 1.54) is 0 Å². The van der Waals surface area contributed by atoms with Gasteiger partial charge in [-0.15, -0.1) is 0 Å². The molecule has 29 heavy (non-hydrogen) atoms. The number of aromatic nitrogens is 3. The molecule has 2 aromatic carbocycles. The molecule has 4 aromatic rings. The Kier molecular flexibility index (Phi) is 3.02. The van der Waals surface area contributed by atoms with Crippen LogP contribution in [0.15, 0.2) is 46.0 Å². The zero-order chi connectivity index (χ0) is 19.9. The molecular formula is C22H19N3O4. The Hall–Kier alpha value is -3.48. The molecule has 2 aliphatic rings. The van der Waals surface area contributed by atoms with Crippen molar-refractivity contribution in [3.05, 3.63) is 68.4 Å². The molecule has 146 valence electrons. The Balaban J connectivity index is 1.70. The number of rotatable bonds is 0. The number of nitrogens with one attached hydrogen (secondary N) is 3. The van der Waals surface area contributed by atoms with E-state index < -0.39 is 16.9 Å². The quantitative estimate of drug-likeness (QED) is 0.430. The lowest BCUT2D eigenvalue weighted by Crippen LogP contribution is -2.51. The topological polar surface area (TPSA) is 100.0 Å². The Bertz CT molecular complexity index is 1430. The Morgan fingerprint density at radius 3 is 2.69 bits per heavy atom. The first kappa shape index (κ1) is 16.5. The molecule has 2 atom stereocenters. The van der Waals surface area contributed by atoms with Crippen molar-refractivity contribution in [2.45, 2.75) is 25.4 Å². The molecule has 0 radical (unpaired) electrons. The van der Waals surface area contributed by atoms with Crippen LogP contribution in [0.5, 0.6) is 11.6 Å². The molecule has 2 unspecified atom stereocenters. The standard InChI is InChI=1S/C22H19N3O4/c1-22(2)12-9-28-18-11(15(12)17-19(26)24-21(27)25-20(17)29-22)7-8-14-16(18)10-5-3-4-6-13(10)23-14/h3-8,12,15,23H,9H2,1-2H3,(H2,24,25,26,27). The van der Waals surface area contributed by atoms with Gasteiger partial charge in [0.1, 0.15) is 11.4 Å². The third kappa shape index (κ3) is 2.12. The molecule has 2 aromatic heterocycles. The Morgan fingerprint density at radius 2 is 1.83 bits per heavy atom. The van der Waals surface area contributed by atoms with E-state index in [2.05, 4.69) is 21.0 Å². The normalized spacial score (nSPS) is 21.7. The summed E-state index contributed by atoms with van der Waals surface area (Å²) in [5.41, 5.74) is 1.83. The summed E-state index contributed by atoms with van der Waals surface area (Å²) in [7, 11) is 0. The lowest BCUT2D eigenvalue weighted by molar-refractivity contribution is -0.0180. The van der Waals surface area contributed by atoms with Crippen molar-refractivity contribution >= 4 is 21.8 Å². The number of aromatic amines is 3. The van der Waals surface area contributed by atoms with Gasteiger partial charge in [-0.25, -0.2) is 4.79 Å². The Morgan fingerprint density at radius 1 is 1.00 bits per heavy atom. The molecule has 7 nitrogen and oxygen atoms in total. The summed E-state index contributed by atoms with van der Waals surface area (Å²) in [6, 6.07) is 12.1. The van der Waals surface area contributed by atoms with Crippen molar-refractivity contribution in [3.63, 3.8) is 0 Å². The number of fused-ring (bicyclic) bond motifs is 9. The highest BCUT2D eigenvalue weighted by atomic mass is 16.5. The van der Waals surface area contributed by atoms with Crippen molar-refractivity contribution in [1.82, 2.24) is 15.0 Å². The van der Waals surface area contributed by atoms with Gasteiger partial charge in [-0.1, -0.05) is 24.3 Å². The number of para-hydroxylation sites is 1. The van der Waals surface area contributed by atoms with E-state index in [0.717, 1.165) is 33.1 Å². The maximum Gasteiger partial charge on any atom is 0.328 e. The second-order valence-corrected chi connectivity index (χ2v) is 8.33. The van der Waals surface area contributed by atoms with Gasteiger partial charge in [0.25, 0.3) is 5.56 Å². The van der Waals surface area contributed by atoms with Gasteiger partial charge in [0, 0.05) is 33.7 Å². The highest BCUT2D eigenvalue weighted by Gasteiger charge is 2.50. The van der Waals surface area contributed by atoms with E-state index in [0.29, 0.717) is 12.2 Å². The third-order valence-electron chi connectivity index (χ3n) is 6.31. The van der Waals surface area contributed by atoms with Crippen LogP contribution in [0.1, 0.15) is 30.9 Å². The summed E-state index contributed by atoms with van der Waals surface area (Å²) in [5, 5.41) is 2.10. The van der Waals surface area contributed by atoms with Crippen LogP contribution in [0.3, 0.4) is 0 Å². The minimum atomic E-state index is -0.610. The van der Waals surface area contributed by atoms with Crippen molar-refractivity contribution in [1.29, 1.82) is 0 Å².